The average Bonchev–Trinajstić information content (AvgIpc) is 2.26. The van der Waals surface area contributed by atoms with Gasteiger partial charge in [-0.15, -0.1) is 0 Å². The Hall–Kier alpha value is -0.800. The number of nitrogens with one attached hydrogen (secondary N) is 1. The van der Waals surface area contributed by atoms with Gasteiger partial charge in [0, 0.05) is 20.1 Å². The summed E-state index contributed by atoms with van der Waals surface area (Å²) in [5.41, 5.74) is 0. The van der Waals surface area contributed by atoms with Crippen molar-refractivity contribution in [2.24, 2.45) is 11.8 Å². The van der Waals surface area contributed by atoms with E-state index in [-0.39, 0.29) is 6.10 Å². The molecule has 0 saturated carbocycles. The van der Waals surface area contributed by atoms with Gasteiger partial charge in [0.2, 0.25) is 0 Å². The maximum atomic E-state index is 5.62. The molecule has 0 aliphatic heterocycles. The van der Waals surface area contributed by atoms with Crippen LogP contribution in [0.5, 0.6) is 0 Å². The van der Waals surface area contributed by atoms with E-state index in [9.17, 15) is 0 Å². The summed E-state index contributed by atoms with van der Waals surface area (Å²) < 4.78 is 11.1. The van der Waals surface area contributed by atoms with E-state index in [2.05, 4.69) is 39.2 Å². The fourth-order valence-electron chi connectivity index (χ4n) is 1.55. The Labute approximate surface area is 106 Å². The molecule has 2 atom stereocenters. The zero-order chi connectivity index (χ0) is 13.4. The van der Waals surface area contributed by atoms with Gasteiger partial charge in [0.05, 0.1) is 5.76 Å². The van der Waals surface area contributed by atoms with E-state index in [0.29, 0.717) is 17.6 Å². The van der Waals surface area contributed by atoms with Crippen LogP contribution in [0.3, 0.4) is 0 Å². The van der Waals surface area contributed by atoms with E-state index in [4.69, 9.17) is 9.47 Å². The Morgan fingerprint density at radius 2 is 1.82 bits per heavy atom. The maximum Gasteiger partial charge on any atom is 0.125 e. The molecule has 0 amide bonds. The Balaban J connectivity index is 4.30. The lowest BCUT2D eigenvalue weighted by Crippen LogP contribution is -2.27. The van der Waals surface area contributed by atoms with Crippen LogP contribution in [0.15, 0.2) is 24.7 Å². The second-order valence-electron chi connectivity index (χ2n) is 4.72. The van der Waals surface area contributed by atoms with Crippen molar-refractivity contribution in [1.82, 2.24) is 5.32 Å². The maximum absolute atomic E-state index is 5.62. The van der Waals surface area contributed by atoms with Gasteiger partial charge in [-0.2, -0.15) is 0 Å². The van der Waals surface area contributed by atoms with Crippen molar-refractivity contribution in [3.63, 3.8) is 0 Å². The molecule has 0 rings (SSSR count). The average molecular weight is 241 g/mol. The molecule has 0 aliphatic carbocycles. The van der Waals surface area contributed by atoms with Crippen molar-refractivity contribution >= 4 is 0 Å². The molecule has 0 heterocycles. The van der Waals surface area contributed by atoms with Crippen LogP contribution in [0.2, 0.25) is 0 Å². The normalized spacial score (nSPS) is 14.5. The number of hydrogen-bond donors (Lipinski definition) is 1. The van der Waals surface area contributed by atoms with Crippen LogP contribution in [0.4, 0.5) is 0 Å². The van der Waals surface area contributed by atoms with Crippen molar-refractivity contribution in [2.75, 3.05) is 20.7 Å². The molecule has 0 bridgehead atoms. The third-order valence-electron chi connectivity index (χ3n) is 3.03. The first-order chi connectivity index (χ1) is 7.93. The predicted octanol–water partition coefficient (Wildman–Crippen LogP) is 2.95. The van der Waals surface area contributed by atoms with Crippen molar-refractivity contribution in [2.45, 2.75) is 33.3 Å². The lowest BCUT2D eigenvalue weighted by molar-refractivity contribution is 0.0302. The SMILES string of the molecule is C=C(CCNC)OC(=C)C(OC)[C@H](C)C(C)C. The van der Waals surface area contributed by atoms with Crippen molar-refractivity contribution in [3.8, 4) is 0 Å². The molecule has 0 spiro atoms. The highest BCUT2D eigenvalue weighted by Crippen LogP contribution is 2.24. The highest BCUT2D eigenvalue weighted by Gasteiger charge is 2.24. The molecule has 3 nitrogen and oxygen atoms in total. The molecule has 0 aromatic heterocycles. The molecule has 3 heteroatoms. The van der Waals surface area contributed by atoms with Gasteiger partial charge in [-0.3, -0.25) is 0 Å². The molecule has 1 N–H and O–H groups in total. The summed E-state index contributed by atoms with van der Waals surface area (Å²) in [6.45, 7) is 15.1. The molecule has 0 aromatic rings. The topological polar surface area (TPSA) is 30.5 Å². The molecule has 1 unspecified atom stereocenters. The lowest BCUT2D eigenvalue weighted by Gasteiger charge is -2.27. The van der Waals surface area contributed by atoms with E-state index >= 15 is 0 Å². The first-order valence-electron chi connectivity index (χ1n) is 6.15. The monoisotopic (exact) mass is 241 g/mol. The highest BCUT2D eigenvalue weighted by molar-refractivity contribution is 5.01. The van der Waals surface area contributed by atoms with Gasteiger partial charge in [-0.05, 0) is 18.9 Å². The smallest absolute Gasteiger partial charge is 0.125 e. The summed E-state index contributed by atoms with van der Waals surface area (Å²) in [7, 11) is 3.59. The van der Waals surface area contributed by atoms with E-state index in [1.165, 1.54) is 0 Å². The largest absolute Gasteiger partial charge is 0.465 e. The zero-order valence-corrected chi connectivity index (χ0v) is 11.9. The van der Waals surface area contributed by atoms with Crippen LogP contribution >= 0.6 is 0 Å². The fourth-order valence-corrected chi connectivity index (χ4v) is 1.55. The second kappa shape index (κ2) is 8.31. The summed E-state index contributed by atoms with van der Waals surface area (Å²) in [6.07, 6.45) is 0.698. The minimum atomic E-state index is -0.0821. The zero-order valence-electron chi connectivity index (χ0n) is 11.9. The van der Waals surface area contributed by atoms with Crippen LogP contribution in [-0.4, -0.2) is 26.8 Å². The number of rotatable bonds is 9. The third kappa shape index (κ3) is 5.89. The molecular formula is C14H27NO2. The van der Waals surface area contributed by atoms with Crippen molar-refractivity contribution in [1.29, 1.82) is 0 Å². The van der Waals surface area contributed by atoms with Crippen LogP contribution in [0.25, 0.3) is 0 Å². The molecule has 0 aromatic carbocycles. The fraction of sp³-hybridized carbons (Fsp3) is 0.714. The molecule has 100 valence electrons. The van der Waals surface area contributed by atoms with Crippen LogP contribution in [0, 0.1) is 11.8 Å². The summed E-state index contributed by atoms with van der Waals surface area (Å²) in [6, 6.07) is 0. The predicted molar refractivity (Wildman–Crippen MR) is 72.7 cm³/mol. The van der Waals surface area contributed by atoms with Gasteiger partial charge < -0.3 is 14.8 Å². The van der Waals surface area contributed by atoms with Gasteiger partial charge in [-0.1, -0.05) is 33.9 Å². The summed E-state index contributed by atoms with van der Waals surface area (Å²) in [4.78, 5) is 0. The molecule has 17 heavy (non-hydrogen) atoms. The first kappa shape index (κ1) is 16.2. The minimum Gasteiger partial charge on any atom is -0.465 e. The van der Waals surface area contributed by atoms with E-state index < -0.39 is 0 Å². The Morgan fingerprint density at radius 1 is 1.24 bits per heavy atom. The third-order valence-corrected chi connectivity index (χ3v) is 3.03. The molecule has 0 fully saturated rings. The van der Waals surface area contributed by atoms with Gasteiger partial charge in [-0.25, -0.2) is 0 Å². The Kier molecular flexibility index (Phi) is 7.92. The standard InChI is InChI=1S/C14H27NO2/c1-10(2)12(4)14(16-7)13(5)17-11(3)8-9-15-6/h10,12,14-15H,3,5,8-9H2,1-2,4,6-7H3/t12-,14?/m1/s1. The van der Waals surface area contributed by atoms with E-state index in [0.717, 1.165) is 18.7 Å². The lowest BCUT2D eigenvalue weighted by atomic mass is 9.91. The number of methoxy groups -OCH3 is 1. The van der Waals surface area contributed by atoms with Crippen LogP contribution in [-0.2, 0) is 9.47 Å². The number of ether oxygens (including phenoxy) is 2. The summed E-state index contributed by atoms with van der Waals surface area (Å²) in [5.74, 6) is 2.26. The molecule has 0 saturated heterocycles. The van der Waals surface area contributed by atoms with Gasteiger partial charge in [0.1, 0.15) is 11.9 Å². The van der Waals surface area contributed by atoms with Crippen LogP contribution in [0.1, 0.15) is 27.2 Å². The highest BCUT2D eigenvalue weighted by atomic mass is 16.5. The Bertz CT molecular complexity index is 249. The van der Waals surface area contributed by atoms with Gasteiger partial charge in [0.25, 0.3) is 0 Å². The van der Waals surface area contributed by atoms with Gasteiger partial charge in [0.15, 0.2) is 0 Å². The quantitative estimate of drug-likeness (QED) is 0.630. The van der Waals surface area contributed by atoms with Crippen molar-refractivity contribution in [3.05, 3.63) is 24.7 Å². The first-order valence-corrected chi connectivity index (χ1v) is 6.15. The molecular weight excluding hydrogens is 214 g/mol. The van der Waals surface area contributed by atoms with Gasteiger partial charge >= 0.3 is 0 Å². The minimum absolute atomic E-state index is 0.0821. The summed E-state index contributed by atoms with van der Waals surface area (Å²) >= 11 is 0. The molecule has 0 radical (unpaired) electrons. The van der Waals surface area contributed by atoms with Crippen LogP contribution < -0.4 is 5.32 Å². The van der Waals surface area contributed by atoms with Crippen molar-refractivity contribution < 1.29 is 9.47 Å². The van der Waals surface area contributed by atoms with E-state index in [1.54, 1.807) is 7.11 Å². The number of hydrogen-bond acceptors (Lipinski definition) is 3. The summed E-state index contributed by atoms with van der Waals surface area (Å²) in [5, 5.41) is 3.05. The second-order valence-corrected chi connectivity index (χ2v) is 4.72. The molecule has 0 aliphatic rings. The van der Waals surface area contributed by atoms with E-state index in [1.807, 2.05) is 7.05 Å². The Morgan fingerprint density at radius 3 is 2.24 bits per heavy atom.